The number of amides is 1. The summed E-state index contributed by atoms with van der Waals surface area (Å²) in [5.74, 6) is -0.0579. The van der Waals surface area contributed by atoms with Gasteiger partial charge in [-0.2, -0.15) is 0 Å². The maximum Gasteiger partial charge on any atom is 0.257 e. The second-order valence-electron chi connectivity index (χ2n) is 4.69. The first-order valence-electron chi connectivity index (χ1n) is 6.57. The summed E-state index contributed by atoms with van der Waals surface area (Å²) in [5.41, 5.74) is 3.76. The van der Waals surface area contributed by atoms with Crippen molar-refractivity contribution >= 4 is 17.3 Å². The third-order valence-corrected chi connectivity index (χ3v) is 3.35. The second-order valence-corrected chi connectivity index (χ2v) is 4.69. The van der Waals surface area contributed by atoms with Crippen LogP contribution in [0.15, 0.2) is 48.5 Å². The van der Waals surface area contributed by atoms with Gasteiger partial charge < -0.3 is 10.6 Å². The van der Waals surface area contributed by atoms with Gasteiger partial charge in [-0.25, -0.2) is 0 Å². The zero-order valence-corrected chi connectivity index (χ0v) is 10.6. The van der Waals surface area contributed by atoms with Crippen LogP contribution in [0.3, 0.4) is 0 Å². The van der Waals surface area contributed by atoms with Gasteiger partial charge in [0.25, 0.3) is 5.91 Å². The molecule has 0 saturated carbocycles. The molecule has 0 bridgehead atoms. The second kappa shape index (κ2) is 5.14. The molecule has 3 nitrogen and oxygen atoms in total. The Morgan fingerprint density at radius 1 is 1.05 bits per heavy atom. The van der Waals surface area contributed by atoms with Crippen LogP contribution in [0.4, 0.5) is 11.4 Å². The highest BCUT2D eigenvalue weighted by molar-refractivity contribution is 6.08. The summed E-state index contributed by atoms with van der Waals surface area (Å²) in [4.78, 5) is 12.3. The van der Waals surface area contributed by atoms with E-state index in [0.29, 0.717) is 0 Å². The molecule has 96 valence electrons. The van der Waals surface area contributed by atoms with Crippen LogP contribution >= 0.6 is 0 Å². The molecule has 3 rings (SSSR count). The van der Waals surface area contributed by atoms with Crippen molar-refractivity contribution in [1.82, 2.24) is 0 Å². The average Bonchev–Trinajstić information content (AvgIpc) is 2.47. The van der Waals surface area contributed by atoms with E-state index in [1.807, 2.05) is 42.5 Å². The lowest BCUT2D eigenvalue weighted by Crippen LogP contribution is -2.19. The number of hydrogen-bond donors (Lipinski definition) is 2. The molecule has 1 aliphatic heterocycles. The van der Waals surface area contributed by atoms with E-state index in [1.165, 1.54) is 5.56 Å². The maximum absolute atomic E-state index is 12.3. The van der Waals surface area contributed by atoms with Crippen LogP contribution in [0, 0.1) is 0 Å². The Bertz CT molecular complexity index is 593. The summed E-state index contributed by atoms with van der Waals surface area (Å²) in [6, 6.07) is 15.4. The Morgan fingerprint density at radius 2 is 1.89 bits per heavy atom. The molecule has 1 heterocycles. The van der Waals surface area contributed by atoms with Crippen LogP contribution in [0.25, 0.3) is 0 Å². The molecule has 1 amide bonds. The lowest BCUT2D eigenvalue weighted by atomic mass is 9.99. The van der Waals surface area contributed by atoms with Crippen LogP contribution in [0.2, 0.25) is 0 Å². The SMILES string of the molecule is O=C(Nc1ccccc1)c1cccc2c1NCCC2. The van der Waals surface area contributed by atoms with Crippen LogP contribution < -0.4 is 10.6 Å². The molecule has 0 unspecified atom stereocenters. The van der Waals surface area contributed by atoms with E-state index in [9.17, 15) is 4.79 Å². The highest BCUT2D eigenvalue weighted by Crippen LogP contribution is 2.26. The van der Waals surface area contributed by atoms with Gasteiger partial charge in [-0.3, -0.25) is 4.79 Å². The van der Waals surface area contributed by atoms with E-state index >= 15 is 0 Å². The number of fused-ring (bicyclic) bond motifs is 1. The number of para-hydroxylation sites is 2. The van der Waals surface area contributed by atoms with Crippen molar-refractivity contribution in [3.8, 4) is 0 Å². The van der Waals surface area contributed by atoms with Gasteiger partial charge in [-0.1, -0.05) is 30.3 Å². The minimum Gasteiger partial charge on any atom is -0.384 e. The highest BCUT2D eigenvalue weighted by Gasteiger charge is 2.17. The van der Waals surface area contributed by atoms with Gasteiger partial charge in [0, 0.05) is 12.2 Å². The number of aryl methyl sites for hydroxylation is 1. The average molecular weight is 252 g/mol. The Labute approximate surface area is 112 Å². The Hall–Kier alpha value is -2.29. The molecular weight excluding hydrogens is 236 g/mol. The van der Waals surface area contributed by atoms with Gasteiger partial charge in [-0.05, 0) is 36.6 Å². The minimum atomic E-state index is -0.0579. The number of nitrogens with one attached hydrogen (secondary N) is 2. The van der Waals surface area contributed by atoms with Crippen molar-refractivity contribution in [2.75, 3.05) is 17.2 Å². The first-order valence-corrected chi connectivity index (χ1v) is 6.57. The van der Waals surface area contributed by atoms with Gasteiger partial charge in [0.15, 0.2) is 0 Å². The van der Waals surface area contributed by atoms with Gasteiger partial charge in [0.2, 0.25) is 0 Å². The van der Waals surface area contributed by atoms with Crippen molar-refractivity contribution < 1.29 is 4.79 Å². The lowest BCUT2D eigenvalue weighted by molar-refractivity contribution is 0.102. The molecule has 0 aromatic heterocycles. The third-order valence-electron chi connectivity index (χ3n) is 3.35. The molecule has 1 aliphatic rings. The van der Waals surface area contributed by atoms with Crippen LogP contribution in [0.1, 0.15) is 22.3 Å². The quantitative estimate of drug-likeness (QED) is 0.861. The predicted octanol–water partition coefficient (Wildman–Crippen LogP) is 3.30. The molecule has 19 heavy (non-hydrogen) atoms. The van der Waals surface area contributed by atoms with Crippen LogP contribution in [-0.4, -0.2) is 12.5 Å². The van der Waals surface area contributed by atoms with Gasteiger partial charge in [-0.15, -0.1) is 0 Å². The summed E-state index contributed by atoms with van der Waals surface area (Å²) >= 11 is 0. The van der Waals surface area contributed by atoms with E-state index < -0.39 is 0 Å². The normalized spacial score (nSPS) is 13.3. The molecular formula is C16H16N2O. The fourth-order valence-electron chi connectivity index (χ4n) is 2.42. The monoisotopic (exact) mass is 252 g/mol. The fourth-order valence-corrected chi connectivity index (χ4v) is 2.42. The van der Waals surface area contributed by atoms with Gasteiger partial charge in [0.1, 0.15) is 0 Å². The first-order chi connectivity index (χ1) is 9.34. The molecule has 0 atom stereocenters. The fraction of sp³-hybridized carbons (Fsp3) is 0.188. The zero-order chi connectivity index (χ0) is 13.1. The summed E-state index contributed by atoms with van der Waals surface area (Å²) in [6.07, 6.45) is 2.16. The van der Waals surface area contributed by atoms with E-state index in [2.05, 4.69) is 16.7 Å². The maximum atomic E-state index is 12.3. The summed E-state index contributed by atoms with van der Waals surface area (Å²) in [7, 11) is 0. The molecule has 3 heteroatoms. The molecule has 0 aliphatic carbocycles. The third kappa shape index (κ3) is 2.45. The van der Waals surface area contributed by atoms with E-state index in [4.69, 9.17) is 0 Å². The number of hydrogen-bond acceptors (Lipinski definition) is 2. The summed E-state index contributed by atoms with van der Waals surface area (Å²) in [5, 5.41) is 6.27. The van der Waals surface area contributed by atoms with Crippen molar-refractivity contribution in [3.63, 3.8) is 0 Å². The largest absolute Gasteiger partial charge is 0.384 e. The van der Waals surface area contributed by atoms with Crippen LogP contribution in [0.5, 0.6) is 0 Å². The van der Waals surface area contributed by atoms with Gasteiger partial charge >= 0.3 is 0 Å². The standard InChI is InChI=1S/C16H16N2O/c19-16(18-13-8-2-1-3-9-13)14-10-4-6-12-7-5-11-17-15(12)14/h1-4,6,8-10,17H,5,7,11H2,(H,18,19). The number of rotatable bonds is 2. The van der Waals surface area contributed by atoms with Gasteiger partial charge in [0.05, 0.1) is 11.3 Å². The van der Waals surface area contributed by atoms with Crippen molar-refractivity contribution in [2.24, 2.45) is 0 Å². The smallest absolute Gasteiger partial charge is 0.257 e. The Kier molecular flexibility index (Phi) is 3.19. The predicted molar refractivity (Wildman–Crippen MR) is 77.6 cm³/mol. The molecule has 0 radical (unpaired) electrons. The number of carbonyl (C=O) groups excluding carboxylic acids is 1. The molecule has 2 aromatic rings. The zero-order valence-electron chi connectivity index (χ0n) is 10.6. The molecule has 0 fully saturated rings. The highest BCUT2D eigenvalue weighted by atomic mass is 16.1. The topological polar surface area (TPSA) is 41.1 Å². The van der Waals surface area contributed by atoms with E-state index in [1.54, 1.807) is 0 Å². The molecule has 0 saturated heterocycles. The van der Waals surface area contributed by atoms with E-state index in [-0.39, 0.29) is 5.91 Å². The number of carbonyl (C=O) groups is 1. The lowest BCUT2D eigenvalue weighted by Gasteiger charge is -2.20. The van der Waals surface area contributed by atoms with Crippen LogP contribution in [-0.2, 0) is 6.42 Å². The Balaban J connectivity index is 1.88. The molecule has 0 spiro atoms. The minimum absolute atomic E-state index is 0.0579. The molecule has 2 aromatic carbocycles. The number of anilines is 2. The van der Waals surface area contributed by atoms with Crippen molar-refractivity contribution in [1.29, 1.82) is 0 Å². The molecule has 2 N–H and O–H groups in total. The first kappa shape index (κ1) is 11.8. The summed E-state index contributed by atoms with van der Waals surface area (Å²) < 4.78 is 0. The summed E-state index contributed by atoms with van der Waals surface area (Å²) in [6.45, 7) is 0.933. The number of benzene rings is 2. The van der Waals surface area contributed by atoms with E-state index in [0.717, 1.165) is 36.3 Å². The Morgan fingerprint density at radius 3 is 2.74 bits per heavy atom. The van der Waals surface area contributed by atoms with Crippen molar-refractivity contribution in [3.05, 3.63) is 59.7 Å². The van der Waals surface area contributed by atoms with Crippen molar-refractivity contribution in [2.45, 2.75) is 12.8 Å².